The fourth-order valence-corrected chi connectivity index (χ4v) is 3.01. The fourth-order valence-electron chi connectivity index (χ4n) is 2.84. The molecule has 0 aliphatic heterocycles. The van der Waals surface area contributed by atoms with Crippen molar-refractivity contribution in [1.29, 1.82) is 0 Å². The van der Waals surface area contributed by atoms with Gasteiger partial charge in [-0.25, -0.2) is 5.43 Å². The topological polar surface area (TPSA) is 118 Å². The first kappa shape index (κ1) is 25.7. The van der Waals surface area contributed by atoms with E-state index in [1.165, 1.54) is 0 Å². The first-order chi connectivity index (χ1) is 15.7. The maximum Gasteiger partial charge on any atom is 0.329 e. The molecule has 9 nitrogen and oxygen atoms in total. The van der Waals surface area contributed by atoms with E-state index < -0.39 is 11.8 Å². The SMILES string of the molecule is COc1ccc(CCNC(=O)C/C(C)=N/NC(=O)C(=O)Nc2cccc(Cl)c2C)cc1OC. The van der Waals surface area contributed by atoms with Crippen LogP contribution in [0.2, 0.25) is 5.02 Å². The number of carbonyl (C=O) groups excluding carboxylic acids is 3. The third-order valence-electron chi connectivity index (χ3n) is 4.67. The van der Waals surface area contributed by atoms with E-state index in [0.717, 1.165) is 5.56 Å². The van der Waals surface area contributed by atoms with Crippen molar-refractivity contribution in [3.05, 3.63) is 52.5 Å². The predicted octanol–water partition coefficient (Wildman–Crippen LogP) is 2.85. The number of ether oxygens (including phenoxy) is 2. The number of halogens is 1. The Labute approximate surface area is 197 Å². The standard InChI is InChI=1S/C23H27ClN4O5/c1-14(27-28-23(31)22(30)26-18-7-5-6-17(24)15(18)2)12-21(29)25-11-10-16-8-9-19(32-3)20(13-16)33-4/h5-9,13H,10-12H2,1-4H3,(H,25,29)(H,26,30)(H,28,31)/b27-14+. The van der Waals surface area contributed by atoms with Gasteiger partial charge in [-0.15, -0.1) is 0 Å². The van der Waals surface area contributed by atoms with Gasteiger partial charge in [-0.05, 0) is 55.7 Å². The number of amides is 3. The first-order valence-corrected chi connectivity index (χ1v) is 10.5. The van der Waals surface area contributed by atoms with Crippen LogP contribution in [-0.2, 0) is 20.8 Å². The molecule has 176 valence electrons. The lowest BCUT2D eigenvalue weighted by atomic mass is 10.1. The van der Waals surface area contributed by atoms with Crippen molar-refractivity contribution in [1.82, 2.24) is 10.7 Å². The number of nitrogens with zero attached hydrogens (tertiary/aromatic N) is 1. The summed E-state index contributed by atoms with van der Waals surface area (Å²) < 4.78 is 10.5. The molecular formula is C23H27ClN4O5. The van der Waals surface area contributed by atoms with Crippen molar-refractivity contribution < 1.29 is 23.9 Å². The van der Waals surface area contributed by atoms with Crippen LogP contribution in [0.4, 0.5) is 5.69 Å². The molecule has 3 N–H and O–H groups in total. The Morgan fingerprint density at radius 3 is 2.45 bits per heavy atom. The van der Waals surface area contributed by atoms with Crippen LogP contribution in [-0.4, -0.2) is 44.2 Å². The normalized spacial score (nSPS) is 10.9. The largest absolute Gasteiger partial charge is 0.493 e. The van der Waals surface area contributed by atoms with Crippen LogP contribution < -0.4 is 25.5 Å². The number of nitrogens with one attached hydrogen (secondary N) is 3. The molecule has 0 fully saturated rings. The number of carbonyl (C=O) groups is 3. The van der Waals surface area contributed by atoms with Gasteiger partial charge in [0.15, 0.2) is 11.5 Å². The summed E-state index contributed by atoms with van der Waals surface area (Å²) in [6.45, 7) is 3.71. The quantitative estimate of drug-likeness (QED) is 0.293. The monoisotopic (exact) mass is 474 g/mol. The molecule has 0 unspecified atom stereocenters. The van der Waals surface area contributed by atoms with Crippen LogP contribution in [0.15, 0.2) is 41.5 Å². The van der Waals surface area contributed by atoms with E-state index in [4.69, 9.17) is 21.1 Å². The molecule has 2 aromatic rings. The Morgan fingerprint density at radius 1 is 1.03 bits per heavy atom. The lowest BCUT2D eigenvalue weighted by Crippen LogP contribution is -2.33. The van der Waals surface area contributed by atoms with E-state index in [-0.39, 0.29) is 12.3 Å². The highest BCUT2D eigenvalue weighted by molar-refractivity contribution is 6.40. The number of rotatable bonds is 9. The molecule has 0 aliphatic carbocycles. The van der Waals surface area contributed by atoms with Gasteiger partial charge in [0.1, 0.15) is 0 Å². The second-order valence-corrected chi connectivity index (χ2v) is 7.53. The van der Waals surface area contributed by atoms with Gasteiger partial charge >= 0.3 is 11.8 Å². The fraction of sp³-hybridized carbons (Fsp3) is 0.304. The van der Waals surface area contributed by atoms with E-state index in [1.54, 1.807) is 52.3 Å². The third-order valence-corrected chi connectivity index (χ3v) is 5.08. The van der Waals surface area contributed by atoms with E-state index in [2.05, 4.69) is 21.2 Å². The van der Waals surface area contributed by atoms with E-state index >= 15 is 0 Å². The third kappa shape index (κ3) is 7.80. The lowest BCUT2D eigenvalue weighted by molar-refractivity contribution is -0.136. The Balaban J connectivity index is 1.78. The molecule has 0 aliphatic rings. The van der Waals surface area contributed by atoms with Crippen LogP contribution in [0.25, 0.3) is 0 Å². The molecule has 0 radical (unpaired) electrons. The van der Waals surface area contributed by atoms with Gasteiger partial charge in [0.2, 0.25) is 5.91 Å². The smallest absolute Gasteiger partial charge is 0.329 e. The summed E-state index contributed by atoms with van der Waals surface area (Å²) in [5.41, 5.74) is 4.54. The minimum atomic E-state index is -0.956. The molecule has 0 bridgehead atoms. The van der Waals surface area contributed by atoms with Gasteiger partial charge in [0.05, 0.1) is 20.6 Å². The molecule has 0 saturated carbocycles. The average molecular weight is 475 g/mol. The highest BCUT2D eigenvalue weighted by atomic mass is 35.5. The highest BCUT2D eigenvalue weighted by Crippen LogP contribution is 2.27. The van der Waals surface area contributed by atoms with E-state index in [9.17, 15) is 14.4 Å². The molecular weight excluding hydrogens is 448 g/mol. The maximum atomic E-state index is 12.1. The van der Waals surface area contributed by atoms with Gasteiger partial charge in [0, 0.05) is 23.0 Å². The van der Waals surface area contributed by atoms with Crippen LogP contribution in [0, 0.1) is 6.92 Å². The zero-order valence-corrected chi connectivity index (χ0v) is 19.7. The first-order valence-electron chi connectivity index (χ1n) is 10.1. The van der Waals surface area contributed by atoms with Crippen molar-refractivity contribution >= 4 is 40.7 Å². The molecule has 0 heterocycles. The minimum Gasteiger partial charge on any atom is -0.493 e. The second kappa shape index (κ2) is 12.4. The Bertz CT molecular complexity index is 1060. The number of anilines is 1. The molecule has 10 heteroatoms. The lowest BCUT2D eigenvalue weighted by Gasteiger charge is -2.10. The summed E-state index contributed by atoms with van der Waals surface area (Å²) in [4.78, 5) is 36.1. The number of hydrogen-bond acceptors (Lipinski definition) is 6. The van der Waals surface area contributed by atoms with Crippen LogP contribution >= 0.6 is 11.6 Å². The minimum absolute atomic E-state index is 0.0266. The zero-order chi connectivity index (χ0) is 24.4. The summed E-state index contributed by atoms with van der Waals surface area (Å²) >= 11 is 6.00. The molecule has 0 saturated heterocycles. The van der Waals surface area contributed by atoms with Crippen LogP contribution in [0.1, 0.15) is 24.5 Å². The van der Waals surface area contributed by atoms with Gasteiger partial charge in [0.25, 0.3) is 0 Å². The van der Waals surface area contributed by atoms with E-state index in [1.807, 2.05) is 12.1 Å². The van der Waals surface area contributed by atoms with Crippen molar-refractivity contribution in [3.63, 3.8) is 0 Å². The Morgan fingerprint density at radius 2 is 1.76 bits per heavy atom. The molecule has 2 rings (SSSR count). The Hall–Kier alpha value is -3.59. The molecule has 33 heavy (non-hydrogen) atoms. The number of methoxy groups -OCH3 is 2. The summed E-state index contributed by atoms with van der Waals surface area (Å²) in [6.07, 6.45) is 0.573. The summed E-state index contributed by atoms with van der Waals surface area (Å²) in [5.74, 6) is -0.853. The van der Waals surface area contributed by atoms with Gasteiger partial charge in [-0.2, -0.15) is 5.10 Å². The van der Waals surface area contributed by atoms with E-state index in [0.29, 0.717) is 46.4 Å². The van der Waals surface area contributed by atoms with Crippen molar-refractivity contribution in [3.8, 4) is 11.5 Å². The Kier molecular flexibility index (Phi) is 9.68. The summed E-state index contributed by atoms with van der Waals surface area (Å²) in [5, 5.41) is 9.54. The summed E-state index contributed by atoms with van der Waals surface area (Å²) in [7, 11) is 3.13. The van der Waals surface area contributed by atoms with Crippen LogP contribution in [0.3, 0.4) is 0 Å². The second-order valence-electron chi connectivity index (χ2n) is 7.12. The maximum absolute atomic E-state index is 12.1. The van der Waals surface area contributed by atoms with Crippen molar-refractivity contribution in [2.45, 2.75) is 26.7 Å². The number of hydrogen-bond donors (Lipinski definition) is 3. The predicted molar refractivity (Wildman–Crippen MR) is 127 cm³/mol. The van der Waals surface area contributed by atoms with Gasteiger partial charge in [-0.1, -0.05) is 23.7 Å². The molecule has 2 aromatic carbocycles. The molecule has 0 aromatic heterocycles. The van der Waals surface area contributed by atoms with Crippen molar-refractivity contribution in [2.24, 2.45) is 5.10 Å². The van der Waals surface area contributed by atoms with Crippen LogP contribution in [0.5, 0.6) is 11.5 Å². The number of hydrazone groups is 1. The average Bonchev–Trinajstić information content (AvgIpc) is 2.80. The zero-order valence-electron chi connectivity index (χ0n) is 19.0. The number of benzene rings is 2. The van der Waals surface area contributed by atoms with Crippen molar-refractivity contribution in [2.75, 3.05) is 26.1 Å². The summed E-state index contributed by atoms with van der Waals surface area (Å²) in [6, 6.07) is 10.5. The molecule has 3 amide bonds. The highest BCUT2D eigenvalue weighted by Gasteiger charge is 2.15. The molecule has 0 spiro atoms. The van der Waals surface area contributed by atoms with Gasteiger partial charge in [-0.3, -0.25) is 14.4 Å². The molecule has 0 atom stereocenters. The van der Waals surface area contributed by atoms with Gasteiger partial charge < -0.3 is 20.1 Å².